The number of nitriles is 1. The molecule has 144 valence electrons. The number of hydrogen-bond donors (Lipinski definition) is 1. The van der Waals surface area contributed by atoms with Gasteiger partial charge in [0.15, 0.2) is 0 Å². The Hall–Kier alpha value is -2.56. The lowest BCUT2D eigenvalue weighted by molar-refractivity contribution is 0.0529. The Morgan fingerprint density at radius 3 is 2.41 bits per heavy atom. The monoisotopic (exact) mass is 386 g/mol. The number of thiophene rings is 1. The third-order valence-corrected chi connectivity index (χ3v) is 5.34. The number of hydrogen-bond acceptors (Lipinski definition) is 7. The first-order chi connectivity index (χ1) is 12.9. The summed E-state index contributed by atoms with van der Waals surface area (Å²) >= 11 is 1.13. The molecule has 2 rings (SSSR count). The summed E-state index contributed by atoms with van der Waals surface area (Å²) in [5, 5.41) is 9.85. The number of carbonyl (C=O) groups is 1. The van der Waals surface area contributed by atoms with Crippen molar-refractivity contribution in [1.29, 1.82) is 5.26 Å². The van der Waals surface area contributed by atoms with Crippen molar-refractivity contribution >= 4 is 28.0 Å². The number of benzene rings is 1. The molecule has 0 spiro atoms. The van der Waals surface area contributed by atoms with Crippen molar-refractivity contribution in [3.8, 4) is 6.07 Å². The highest BCUT2D eigenvalue weighted by atomic mass is 32.1. The van der Waals surface area contributed by atoms with Crippen LogP contribution in [0, 0.1) is 11.3 Å². The van der Waals surface area contributed by atoms with Gasteiger partial charge in [-0.3, -0.25) is 4.90 Å². The van der Waals surface area contributed by atoms with Crippen LogP contribution in [0.1, 0.15) is 40.2 Å². The summed E-state index contributed by atoms with van der Waals surface area (Å²) in [5.41, 5.74) is 9.31. The van der Waals surface area contributed by atoms with E-state index in [1.54, 1.807) is 6.92 Å². The number of rotatable bonds is 8. The fourth-order valence-electron chi connectivity index (χ4n) is 2.78. The quantitative estimate of drug-likeness (QED) is 0.700. The molecule has 6 nitrogen and oxygen atoms in total. The van der Waals surface area contributed by atoms with Crippen LogP contribution < -0.4 is 10.6 Å². The molecule has 0 atom stereocenters. The molecule has 1 aromatic heterocycles. The molecule has 0 aliphatic rings. The van der Waals surface area contributed by atoms with Crippen molar-refractivity contribution in [2.45, 2.75) is 26.9 Å². The third-order valence-electron chi connectivity index (χ3n) is 4.29. The molecule has 2 aromatic rings. The van der Waals surface area contributed by atoms with E-state index in [2.05, 4.69) is 47.1 Å². The van der Waals surface area contributed by atoms with Crippen molar-refractivity contribution in [3.05, 3.63) is 45.8 Å². The first kappa shape index (κ1) is 20.7. The Morgan fingerprint density at radius 1 is 1.22 bits per heavy atom. The molecule has 1 heterocycles. The van der Waals surface area contributed by atoms with E-state index >= 15 is 0 Å². The van der Waals surface area contributed by atoms with E-state index in [1.807, 2.05) is 14.1 Å². The molecule has 0 saturated heterocycles. The topological polar surface area (TPSA) is 82.6 Å². The van der Waals surface area contributed by atoms with E-state index in [0.29, 0.717) is 34.1 Å². The van der Waals surface area contributed by atoms with Gasteiger partial charge in [0.05, 0.1) is 12.2 Å². The third kappa shape index (κ3) is 5.00. The number of nitrogens with two attached hydrogens (primary N) is 1. The van der Waals surface area contributed by atoms with Gasteiger partial charge in [-0.2, -0.15) is 5.26 Å². The fraction of sp³-hybridized carbons (Fsp3) is 0.400. The van der Waals surface area contributed by atoms with E-state index < -0.39 is 5.97 Å². The van der Waals surface area contributed by atoms with E-state index in [4.69, 9.17) is 10.5 Å². The number of nitrogens with zero attached hydrogens (tertiary/aromatic N) is 3. The predicted molar refractivity (Wildman–Crippen MR) is 110 cm³/mol. The van der Waals surface area contributed by atoms with Gasteiger partial charge in [0.25, 0.3) is 0 Å². The highest BCUT2D eigenvalue weighted by molar-refractivity contribution is 7.18. The first-order valence-corrected chi connectivity index (χ1v) is 9.69. The Balaban J connectivity index is 2.24. The molecule has 0 amide bonds. The van der Waals surface area contributed by atoms with Crippen LogP contribution in [0.15, 0.2) is 24.3 Å². The van der Waals surface area contributed by atoms with Crippen molar-refractivity contribution < 1.29 is 9.53 Å². The molecule has 0 aliphatic heterocycles. The number of esters is 1. The molecular weight excluding hydrogens is 360 g/mol. The highest BCUT2D eigenvalue weighted by Crippen LogP contribution is 2.32. The van der Waals surface area contributed by atoms with Gasteiger partial charge in [-0.25, -0.2) is 4.79 Å². The van der Waals surface area contributed by atoms with Gasteiger partial charge >= 0.3 is 5.97 Å². The maximum Gasteiger partial charge on any atom is 0.348 e. The number of ether oxygens (including phenoxy) is 1. The average molecular weight is 387 g/mol. The zero-order valence-electron chi connectivity index (χ0n) is 16.3. The summed E-state index contributed by atoms with van der Waals surface area (Å²) < 4.78 is 5.13. The van der Waals surface area contributed by atoms with Crippen LogP contribution in [0.25, 0.3) is 0 Å². The second kappa shape index (κ2) is 9.40. The maximum atomic E-state index is 12.3. The van der Waals surface area contributed by atoms with E-state index in [1.165, 1.54) is 5.56 Å². The lowest BCUT2D eigenvalue weighted by Crippen LogP contribution is -2.24. The summed E-state index contributed by atoms with van der Waals surface area (Å²) in [6, 6.07) is 10.5. The molecule has 0 aliphatic carbocycles. The fourth-order valence-corrected chi connectivity index (χ4v) is 3.70. The summed E-state index contributed by atoms with van der Waals surface area (Å²) in [6.45, 7) is 6.06. The summed E-state index contributed by atoms with van der Waals surface area (Å²) in [4.78, 5) is 16.9. The smallest absolute Gasteiger partial charge is 0.348 e. The number of nitrogen functional groups attached to an aromatic ring is 1. The molecule has 0 radical (unpaired) electrons. The zero-order valence-corrected chi connectivity index (χ0v) is 17.1. The minimum absolute atomic E-state index is 0.285. The Bertz CT molecular complexity index is 822. The SMILES string of the molecule is CCOC(=O)c1sc(N)c(C#N)c1CN(CC)Cc1ccc(N(C)C)cc1. The van der Waals surface area contributed by atoms with Crippen molar-refractivity contribution in [2.24, 2.45) is 0 Å². The number of carbonyl (C=O) groups excluding carboxylic acids is 1. The van der Waals surface area contributed by atoms with E-state index in [0.717, 1.165) is 23.6 Å². The van der Waals surface area contributed by atoms with Gasteiger partial charge in [-0.05, 0) is 31.2 Å². The molecule has 0 bridgehead atoms. The molecule has 0 unspecified atom stereocenters. The predicted octanol–water partition coefficient (Wildman–Crippen LogP) is 3.47. The molecular formula is C20H26N4O2S. The van der Waals surface area contributed by atoms with Crippen molar-refractivity contribution in [2.75, 3.05) is 37.9 Å². The van der Waals surface area contributed by atoms with Gasteiger partial charge < -0.3 is 15.4 Å². The molecule has 7 heteroatoms. The molecule has 27 heavy (non-hydrogen) atoms. The number of anilines is 2. The second-order valence-corrected chi connectivity index (χ2v) is 7.40. The lowest BCUT2D eigenvalue weighted by atomic mass is 10.1. The summed E-state index contributed by atoms with van der Waals surface area (Å²) in [5.74, 6) is -0.419. The van der Waals surface area contributed by atoms with Crippen LogP contribution in [0.2, 0.25) is 0 Å². The highest BCUT2D eigenvalue weighted by Gasteiger charge is 2.24. The first-order valence-electron chi connectivity index (χ1n) is 8.88. The lowest BCUT2D eigenvalue weighted by Gasteiger charge is -2.21. The van der Waals surface area contributed by atoms with Crippen LogP contribution in [0.4, 0.5) is 10.7 Å². The van der Waals surface area contributed by atoms with Gasteiger partial charge in [-0.1, -0.05) is 19.1 Å². The van der Waals surface area contributed by atoms with E-state index in [-0.39, 0.29) is 6.61 Å². The standard InChI is InChI=1S/C20H26N4O2S/c1-5-24(12-14-7-9-15(10-8-14)23(3)4)13-17-16(11-21)19(22)27-18(17)20(25)26-6-2/h7-10H,5-6,12-13,22H2,1-4H3. The van der Waals surface area contributed by atoms with Gasteiger partial charge in [-0.15, -0.1) is 11.3 Å². The van der Waals surface area contributed by atoms with Crippen LogP contribution in [0.5, 0.6) is 0 Å². The minimum Gasteiger partial charge on any atom is -0.462 e. The summed E-state index contributed by atoms with van der Waals surface area (Å²) in [6.07, 6.45) is 0. The Kier molecular flexibility index (Phi) is 7.22. The maximum absolute atomic E-state index is 12.3. The molecule has 0 fully saturated rings. The van der Waals surface area contributed by atoms with Crippen LogP contribution in [0.3, 0.4) is 0 Å². The van der Waals surface area contributed by atoms with Gasteiger partial charge in [0, 0.05) is 38.4 Å². The molecule has 2 N–H and O–H groups in total. The largest absolute Gasteiger partial charge is 0.462 e. The average Bonchev–Trinajstić information content (AvgIpc) is 2.97. The van der Waals surface area contributed by atoms with Crippen molar-refractivity contribution in [3.63, 3.8) is 0 Å². The normalized spacial score (nSPS) is 10.7. The van der Waals surface area contributed by atoms with Crippen LogP contribution in [-0.2, 0) is 17.8 Å². The molecule has 1 aromatic carbocycles. The Labute approximate surface area is 164 Å². The van der Waals surface area contributed by atoms with E-state index in [9.17, 15) is 10.1 Å². The van der Waals surface area contributed by atoms with Gasteiger partial charge in [0.1, 0.15) is 15.9 Å². The van der Waals surface area contributed by atoms with Gasteiger partial charge in [0.2, 0.25) is 0 Å². The summed E-state index contributed by atoms with van der Waals surface area (Å²) in [7, 11) is 4.02. The van der Waals surface area contributed by atoms with Crippen LogP contribution in [-0.4, -0.2) is 38.1 Å². The Morgan fingerprint density at radius 2 is 1.89 bits per heavy atom. The second-order valence-electron chi connectivity index (χ2n) is 6.35. The molecule has 0 saturated carbocycles. The zero-order chi connectivity index (χ0) is 20.0. The van der Waals surface area contributed by atoms with Crippen molar-refractivity contribution in [1.82, 2.24) is 4.90 Å². The minimum atomic E-state index is -0.419. The van der Waals surface area contributed by atoms with Crippen LogP contribution >= 0.6 is 11.3 Å².